The molecule has 0 saturated heterocycles. The van der Waals surface area contributed by atoms with E-state index in [4.69, 9.17) is 11.6 Å². The first kappa shape index (κ1) is 17.8. The number of guanidine groups is 1. The summed E-state index contributed by atoms with van der Waals surface area (Å²) in [5.74, 6) is 1.37. The van der Waals surface area contributed by atoms with Gasteiger partial charge in [-0.1, -0.05) is 43.6 Å². The largest absolute Gasteiger partial charge is 0.386 e. The molecule has 1 aromatic carbocycles. The molecule has 0 bridgehead atoms. The van der Waals surface area contributed by atoms with E-state index in [1.54, 1.807) is 6.07 Å². The lowest BCUT2D eigenvalue weighted by Gasteiger charge is -2.14. The number of aliphatic imine (C=N–C) groups is 1. The van der Waals surface area contributed by atoms with Crippen molar-refractivity contribution in [3.8, 4) is 0 Å². The summed E-state index contributed by atoms with van der Waals surface area (Å²) >= 11 is 6.07. The lowest BCUT2D eigenvalue weighted by atomic mass is 10.1. The highest BCUT2D eigenvalue weighted by atomic mass is 35.5. The first-order chi connectivity index (χ1) is 10.0. The third-order valence-electron chi connectivity index (χ3n) is 3.04. The highest BCUT2D eigenvalue weighted by Crippen LogP contribution is 2.22. The smallest absolute Gasteiger partial charge is 0.191 e. The van der Waals surface area contributed by atoms with Crippen molar-refractivity contribution in [1.29, 1.82) is 0 Å². The Balaban J connectivity index is 2.58. The van der Waals surface area contributed by atoms with Gasteiger partial charge in [0.15, 0.2) is 5.96 Å². The Morgan fingerprint density at radius 1 is 1.29 bits per heavy atom. The van der Waals surface area contributed by atoms with E-state index in [2.05, 4.69) is 29.5 Å². The molecule has 1 aromatic rings. The maximum Gasteiger partial charge on any atom is 0.191 e. The van der Waals surface area contributed by atoms with Gasteiger partial charge in [0.05, 0.1) is 6.54 Å². The van der Waals surface area contributed by atoms with E-state index in [1.165, 1.54) is 0 Å². The average molecular weight is 312 g/mol. The fourth-order valence-electron chi connectivity index (χ4n) is 1.84. The predicted molar refractivity (Wildman–Crippen MR) is 89.8 cm³/mol. The van der Waals surface area contributed by atoms with Crippen LogP contribution >= 0.6 is 11.6 Å². The standard InChI is InChI=1S/C16H26ClN3O/c1-4-18-16(19-10-9-12(2)3)20-11-15(21)13-7-5-6-8-14(13)17/h5-8,12,15,21H,4,9-11H2,1-3H3,(H2,18,19,20). The Bertz CT molecular complexity index is 449. The number of aliphatic hydroxyl groups is 1. The molecule has 0 saturated carbocycles. The summed E-state index contributed by atoms with van der Waals surface area (Å²) < 4.78 is 0. The second-order valence-electron chi connectivity index (χ2n) is 5.37. The molecule has 0 aliphatic carbocycles. The lowest BCUT2D eigenvalue weighted by molar-refractivity contribution is 0.187. The van der Waals surface area contributed by atoms with Gasteiger partial charge in [-0.25, -0.2) is 0 Å². The van der Waals surface area contributed by atoms with Gasteiger partial charge < -0.3 is 15.7 Å². The van der Waals surface area contributed by atoms with Crippen LogP contribution in [0.3, 0.4) is 0 Å². The quantitative estimate of drug-likeness (QED) is 0.536. The van der Waals surface area contributed by atoms with Crippen LogP contribution in [-0.4, -0.2) is 30.7 Å². The summed E-state index contributed by atoms with van der Waals surface area (Å²) in [4.78, 5) is 4.41. The lowest BCUT2D eigenvalue weighted by Crippen LogP contribution is -2.38. The molecule has 0 aliphatic rings. The van der Waals surface area contributed by atoms with Gasteiger partial charge in [-0.3, -0.25) is 4.99 Å². The Labute approximate surface area is 132 Å². The van der Waals surface area contributed by atoms with E-state index < -0.39 is 6.10 Å². The minimum Gasteiger partial charge on any atom is -0.386 e. The molecule has 1 atom stereocenters. The fourth-order valence-corrected chi connectivity index (χ4v) is 2.10. The van der Waals surface area contributed by atoms with Gasteiger partial charge in [-0.05, 0) is 25.3 Å². The third kappa shape index (κ3) is 6.82. The molecule has 21 heavy (non-hydrogen) atoms. The van der Waals surface area contributed by atoms with E-state index in [9.17, 15) is 5.11 Å². The van der Waals surface area contributed by atoms with E-state index in [0.29, 0.717) is 16.5 Å². The predicted octanol–water partition coefficient (Wildman–Crippen LogP) is 2.97. The normalized spacial score (nSPS) is 13.3. The molecule has 1 rings (SSSR count). The van der Waals surface area contributed by atoms with Crippen LogP contribution in [0.5, 0.6) is 0 Å². The average Bonchev–Trinajstić information content (AvgIpc) is 2.44. The number of hydrogen-bond donors (Lipinski definition) is 3. The van der Waals surface area contributed by atoms with E-state index >= 15 is 0 Å². The Kier molecular flexibility index (Phi) is 8.16. The molecule has 118 valence electrons. The molecule has 4 nitrogen and oxygen atoms in total. The fraction of sp³-hybridized carbons (Fsp3) is 0.562. The molecular formula is C16H26ClN3O. The third-order valence-corrected chi connectivity index (χ3v) is 3.39. The molecule has 0 amide bonds. The molecule has 0 aliphatic heterocycles. The summed E-state index contributed by atoms with van der Waals surface area (Å²) in [5.41, 5.74) is 0.709. The first-order valence-corrected chi connectivity index (χ1v) is 7.87. The van der Waals surface area contributed by atoms with Gasteiger partial charge in [-0.15, -0.1) is 0 Å². The summed E-state index contributed by atoms with van der Waals surface area (Å²) in [6.07, 6.45) is 0.386. The van der Waals surface area contributed by atoms with Gasteiger partial charge in [0, 0.05) is 23.7 Å². The highest BCUT2D eigenvalue weighted by molar-refractivity contribution is 6.31. The van der Waals surface area contributed by atoms with Crippen LogP contribution in [0.1, 0.15) is 38.9 Å². The second-order valence-corrected chi connectivity index (χ2v) is 5.77. The van der Waals surface area contributed by atoms with Gasteiger partial charge in [-0.2, -0.15) is 0 Å². The van der Waals surface area contributed by atoms with Crippen LogP contribution in [0.2, 0.25) is 5.02 Å². The zero-order chi connectivity index (χ0) is 15.7. The topological polar surface area (TPSA) is 56.7 Å². The van der Waals surface area contributed by atoms with Gasteiger partial charge in [0.1, 0.15) is 6.10 Å². The Hall–Kier alpha value is -1.26. The summed E-state index contributed by atoms with van der Waals surface area (Å²) in [6.45, 7) is 8.33. The van der Waals surface area contributed by atoms with Crippen molar-refractivity contribution in [3.63, 3.8) is 0 Å². The maximum absolute atomic E-state index is 10.2. The number of rotatable bonds is 7. The molecule has 3 N–H and O–H groups in total. The van der Waals surface area contributed by atoms with Crippen LogP contribution in [0.25, 0.3) is 0 Å². The molecule has 0 spiro atoms. The van der Waals surface area contributed by atoms with Crippen LogP contribution in [0.4, 0.5) is 0 Å². The Morgan fingerprint density at radius 2 is 2.00 bits per heavy atom. The maximum atomic E-state index is 10.2. The van der Waals surface area contributed by atoms with Crippen LogP contribution in [0.15, 0.2) is 29.3 Å². The minimum absolute atomic E-state index is 0.279. The number of benzene rings is 1. The minimum atomic E-state index is -0.695. The molecule has 5 heteroatoms. The number of nitrogens with one attached hydrogen (secondary N) is 2. The number of aliphatic hydroxyl groups excluding tert-OH is 1. The number of halogens is 1. The van der Waals surface area contributed by atoms with Crippen molar-refractivity contribution < 1.29 is 5.11 Å². The zero-order valence-corrected chi connectivity index (χ0v) is 13.8. The van der Waals surface area contributed by atoms with Crippen molar-refractivity contribution in [2.45, 2.75) is 33.3 Å². The van der Waals surface area contributed by atoms with Gasteiger partial charge >= 0.3 is 0 Å². The van der Waals surface area contributed by atoms with Gasteiger partial charge in [0.25, 0.3) is 0 Å². The summed E-state index contributed by atoms with van der Waals surface area (Å²) in [7, 11) is 0. The van der Waals surface area contributed by atoms with Gasteiger partial charge in [0.2, 0.25) is 0 Å². The first-order valence-electron chi connectivity index (χ1n) is 7.49. The SMILES string of the molecule is CCNC(=NCC(O)c1ccccc1Cl)NCCC(C)C. The molecule has 0 heterocycles. The number of nitrogens with zero attached hydrogens (tertiary/aromatic N) is 1. The van der Waals surface area contributed by atoms with E-state index in [0.717, 1.165) is 25.5 Å². The van der Waals surface area contributed by atoms with Crippen LogP contribution < -0.4 is 10.6 Å². The molecule has 0 fully saturated rings. The van der Waals surface area contributed by atoms with Crippen LogP contribution in [-0.2, 0) is 0 Å². The highest BCUT2D eigenvalue weighted by Gasteiger charge is 2.10. The van der Waals surface area contributed by atoms with E-state index in [-0.39, 0.29) is 6.54 Å². The van der Waals surface area contributed by atoms with E-state index in [1.807, 2.05) is 25.1 Å². The second kappa shape index (κ2) is 9.64. The van der Waals surface area contributed by atoms with Crippen molar-refractivity contribution in [2.75, 3.05) is 19.6 Å². The molecule has 0 radical (unpaired) electrons. The van der Waals surface area contributed by atoms with Crippen molar-refractivity contribution in [1.82, 2.24) is 10.6 Å². The molecule has 1 unspecified atom stereocenters. The Morgan fingerprint density at radius 3 is 2.62 bits per heavy atom. The zero-order valence-electron chi connectivity index (χ0n) is 13.1. The van der Waals surface area contributed by atoms with Crippen LogP contribution in [0, 0.1) is 5.92 Å². The molecule has 0 aromatic heterocycles. The van der Waals surface area contributed by atoms with Crippen molar-refractivity contribution in [2.24, 2.45) is 10.9 Å². The van der Waals surface area contributed by atoms with Crippen molar-refractivity contribution in [3.05, 3.63) is 34.9 Å². The van der Waals surface area contributed by atoms with Crippen molar-refractivity contribution >= 4 is 17.6 Å². The number of hydrogen-bond acceptors (Lipinski definition) is 2. The summed E-state index contributed by atoms with van der Waals surface area (Å²) in [6, 6.07) is 7.30. The molecular weight excluding hydrogens is 286 g/mol. The summed E-state index contributed by atoms with van der Waals surface area (Å²) in [5, 5.41) is 17.2. The monoisotopic (exact) mass is 311 g/mol.